The minimum Gasteiger partial charge on any atom is -0.378 e. The predicted molar refractivity (Wildman–Crippen MR) is 71.0 cm³/mol. The fourth-order valence-electron chi connectivity index (χ4n) is 1.82. The summed E-state index contributed by atoms with van der Waals surface area (Å²) in [4.78, 5) is 12.9. The average Bonchev–Trinajstić information content (AvgIpc) is 2.48. The fraction of sp³-hybridized carbons (Fsp3) is 0.417. The quantitative estimate of drug-likeness (QED) is 0.917. The van der Waals surface area contributed by atoms with Gasteiger partial charge < -0.3 is 15.0 Å². The number of benzene rings is 1. The summed E-state index contributed by atoms with van der Waals surface area (Å²) in [7, 11) is -4.68. The Bertz CT molecular complexity index is 615. The second-order valence-electron chi connectivity index (χ2n) is 4.36. The smallest absolute Gasteiger partial charge is 0.341 e. The van der Waals surface area contributed by atoms with Gasteiger partial charge in [0.1, 0.15) is 0 Å². The van der Waals surface area contributed by atoms with E-state index in [1.165, 1.54) is 17.0 Å². The van der Waals surface area contributed by atoms with Crippen LogP contribution in [0.4, 0.5) is 19.3 Å². The van der Waals surface area contributed by atoms with Crippen LogP contribution in [0.2, 0.25) is 0 Å². The summed E-state index contributed by atoms with van der Waals surface area (Å²) >= 11 is 0. The summed E-state index contributed by atoms with van der Waals surface area (Å²) < 4.78 is 52.8. The van der Waals surface area contributed by atoms with Crippen molar-refractivity contribution < 1.29 is 26.7 Å². The van der Waals surface area contributed by atoms with Gasteiger partial charge in [0, 0.05) is 18.8 Å². The Balaban J connectivity index is 2.13. The summed E-state index contributed by atoms with van der Waals surface area (Å²) in [6.07, 6.45) is 0. The van der Waals surface area contributed by atoms with Gasteiger partial charge in [-0.15, -0.1) is 0 Å². The third-order valence-electron chi connectivity index (χ3n) is 2.95. The van der Waals surface area contributed by atoms with Crippen molar-refractivity contribution in [1.82, 2.24) is 4.90 Å². The Morgan fingerprint density at radius 1 is 1.29 bits per heavy atom. The van der Waals surface area contributed by atoms with E-state index in [4.69, 9.17) is 4.74 Å². The number of rotatable bonds is 3. The Labute approximate surface area is 120 Å². The summed E-state index contributed by atoms with van der Waals surface area (Å²) in [6.45, 7) is 1.68. The van der Waals surface area contributed by atoms with Crippen LogP contribution in [0.3, 0.4) is 0 Å². The van der Waals surface area contributed by atoms with Gasteiger partial charge >= 0.3 is 11.8 Å². The molecule has 1 aromatic carbocycles. The van der Waals surface area contributed by atoms with Gasteiger partial charge in [-0.05, 0) is 18.2 Å². The number of anilines is 1. The number of alkyl halides is 2. The maximum Gasteiger partial charge on any atom is 0.341 e. The Morgan fingerprint density at radius 3 is 2.57 bits per heavy atom. The van der Waals surface area contributed by atoms with Crippen LogP contribution < -0.4 is 5.32 Å². The van der Waals surface area contributed by atoms with Crippen LogP contribution in [0, 0.1) is 0 Å². The van der Waals surface area contributed by atoms with Crippen molar-refractivity contribution in [2.45, 2.75) is 10.7 Å². The molecule has 1 aliphatic rings. The van der Waals surface area contributed by atoms with E-state index < -0.39 is 26.5 Å². The second-order valence-corrected chi connectivity index (χ2v) is 6.28. The number of nitrogens with zero attached hydrogens (tertiary/aromatic N) is 1. The highest BCUT2D eigenvalue weighted by molar-refractivity contribution is 7.91. The number of hydrogen-bond acceptors (Lipinski definition) is 4. The zero-order chi connectivity index (χ0) is 15.5. The molecule has 1 aliphatic heterocycles. The molecule has 0 bridgehead atoms. The van der Waals surface area contributed by atoms with Crippen LogP contribution in [0.5, 0.6) is 0 Å². The number of carbonyl (C=O) groups excluding carboxylic acids is 1. The van der Waals surface area contributed by atoms with Gasteiger partial charge in [0.05, 0.1) is 18.1 Å². The molecule has 1 N–H and O–H groups in total. The van der Waals surface area contributed by atoms with Gasteiger partial charge in [0.25, 0.3) is 0 Å². The van der Waals surface area contributed by atoms with Crippen molar-refractivity contribution in [2.24, 2.45) is 0 Å². The molecule has 9 heteroatoms. The summed E-state index contributed by atoms with van der Waals surface area (Å²) in [5.74, 6) is -3.50. The maximum atomic E-state index is 12.5. The predicted octanol–water partition coefficient (Wildman–Crippen LogP) is 1.55. The molecule has 1 fully saturated rings. The Morgan fingerprint density at radius 2 is 1.95 bits per heavy atom. The van der Waals surface area contributed by atoms with E-state index in [1.54, 1.807) is 0 Å². The van der Waals surface area contributed by atoms with E-state index in [-0.39, 0.29) is 5.69 Å². The highest BCUT2D eigenvalue weighted by atomic mass is 32.2. The molecule has 0 saturated carbocycles. The third-order valence-corrected chi connectivity index (χ3v) is 4.33. The third kappa shape index (κ3) is 3.67. The first-order chi connectivity index (χ1) is 9.91. The molecule has 0 atom stereocenters. The number of carbonyl (C=O) groups is 1. The van der Waals surface area contributed by atoms with E-state index >= 15 is 0 Å². The van der Waals surface area contributed by atoms with Crippen LogP contribution in [-0.4, -0.2) is 51.4 Å². The number of nitrogens with one attached hydrogen (secondary N) is 1. The van der Waals surface area contributed by atoms with Crippen molar-refractivity contribution in [3.05, 3.63) is 24.3 Å². The lowest BCUT2D eigenvalue weighted by molar-refractivity contribution is 0.0564. The average molecular weight is 320 g/mol. The van der Waals surface area contributed by atoms with Crippen molar-refractivity contribution in [3.8, 4) is 0 Å². The zero-order valence-corrected chi connectivity index (χ0v) is 11.8. The molecule has 1 aromatic rings. The number of hydrogen-bond donors (Lipinski definition) is 1. The number of halogens is 2. The maximum absolute atomic E-state index is 12.5. The first-order valence-corrected chi connectivity index (χ1v) is 7.71. The Hall–Kier alpha value is -1.74. The highest BCUT2D eigenvalue weighted by Gasteiger charge is 2.27. The van der Waals surface area contributed by atoms with Crippen LogP contribution in [-0.2, 0) is 14.6 Å². The number of amides is 2. The van der Waals surface area contributed by atoms with E-state index in [2.05, 4.69) is 5.32 Å². The van der Waals surface area contributed by atoms with Crippen molar-refractivity contribution in [1.29, 1.82) is 0 Å². The molecule has 1 saturated heterocycles. The van der Waals surface area contributed by atoms with Gasteiger partial charge in [0.2, 0.25) is 9.84 Å². The van der Waals surface area contributed by atoms with Gasteiger partial charge in [-0.2, -0.15) is 8.78 Å². The highest BCUT2D eigenvalue weighted by Crippen LogP contribution is 2.21. The van der Waals surface area contributed by atoms with Gasteiger partial charge in [-0.1, -0.05) is 6.07 Å². The van der Waals surface area contributed by atoms with Crippen molar-refractivity contribution >= 4 is 21.6 Å². The molecule has 21 heavy (non-hydrogen) atoms. The molecule has 0 radical (unpaired) electrons. The molecule has 0 spiro atoms. The minimum atomic E-state index is -4.68. The van der Waals surface area contributed by atoms with E-state index in [9.17, 15) is 22.0 Å². The molecule has 0 aromatic heterocycles. The standard InChI is InChI=1S/C12H14F2N2O4S/c13-11(14)21(18,19)10-3-1-2-9(8-10)15-12(17)16-4-6-20-7-5-16/h1-3,8,11H,4-7H2,(H,15,17). The number of ether oxygens (including phenoxy) is 1. The normalized spacial score (nSPS) is 16.0. The van der Waals surface area contributed by atoms with Crippen LogP contribution >= 0.6 is 0 Å². The van der Waals surface area contributed by atoms with Crippen LogP contribution in [0.1, 0.15) is 0 Å². The van der Waals surface area contributed by atoms with Crippen molar-refractivity contribution in [2.75, 3.05) is 31.6 Å². The Kier molecular flexibility index (Phi) is 4.73. The first kappa shape index (κ1) is 15.6. The van der Waals surface area contributed by atoms with Crippen molar-refractivity contribution in [3.63, 3.8) is 0 Å². The number of morpholine rings is 1. The van der Waals surface area contributed by atoms with E-state index in [0.717, 1.165) is 12.1 Å². The molecule has 2 rings (SSSR count). The lowest BCUT2D eigenvalue weighted by atomic mass is 10.3. The lowest BCUT2D eigenvalue weighted by Gasteiger charge is -2.27. The van der Waals surface area contributed by atoms with E-state index in [0.29, 0.717) is 26.3 Å². The number of sulfone groups is 1. The largest absolute Gasteiger partial charge is 0.378 e. The van der Waals surface area contributed by atoms with Gasteiger partial charge in [0.15, 0.2) is 0 Å². The summed E-state index contributed by atoms with van der Waals surface area (Å²) in [5.41, 5.74) is 0.146. The molecule has 0 unspecified atom stereocenters. The molecular weight excluding hydrogens is 306 g/mol. The second kappa shape index (κ2) is 6.35. The summed E-state index contributed by atoms with van der Waals surface area (Å²) in [6, 6.07) is 4.38. The topological polar surface area (TPSA) is 75.7 Å². The fourth-order valence-corrected chi connectivity index (χ4v) is 2.59. The lowest BCUT2D eigenvalue weighted by Crippen LogP contribution is -2.43. The van der Waals surface area contributed by atoms with Gasteiger partial charge in [-0.25, -0.2) is 13.2 Å². The molecular formula is C12H14F2N2O4S. The molecule has 2 amide bonds. The summed E-state index contributed by atoms with van der Waals surface area (Å²) in [5, 5.41) is 2.49. The number of urea groups is 1. The molecule has 6 nitrogen and oxygen atoms in total. The monoisotopic (exact) mass is 320 g/mol. The minimum absolute atomic E-state index is 0.146. The molecule has 1 heterocycles. The zero-order valence-electron chi connectivity index (χ0n) is 11.0. The van der Waals surface area contributed by atoms with Gasteiger partial charge in [-0.3, -0.25) is 0 Å². The first-order valence-electron chi connectivity index (χ1n) is 6.17. The van der Waals surface area contributed by atoms with E-state index in [1.807, 2.05) is 0 Å². The SMILES string of the molecule is O=C(Nc1cccc(S(=O)(=O)C(F)F)c1)N1CCOCC1. The molecule has 116 valence electrons. The van der Waals surface area contributed by atoms with Crippen LogP contribution in [0.15, 0.2) is 29.2 Å². The molecule has 0 aliphatic carbocycles. The van der Waals surface area contributed by atoms with Crippen LogP contribution in [0.25, 0.3) is 0 Å².